The Bertz CT molecular complexity index is 500. The first-order valence-corrected chi connectivity index (χ1v) is 7.12. The van der Waals surface area contributed by atoms with Crippen molar-refractivity contribution in [3.63, 3.8) is 0 Å². The van der Waals surface area contributed by atoms with E-state index in [1.54, 1.807) is 13.0 Å². The fourth-order valence-corrected chi connectivity index (χ4v) is 2.32. The van der Waals surface area contributed by atoms with Gasteiger partial charge < -0.3 is 14.8 Å². The Kier molecular flexibility index (Phi) is 5.52. The molecule has 0 spiro atoms. The molecule has 1 saturated heterocycles. The summed E-state index contributed by atoms with van der Waals surface area (Å²) < 4.78 is 19.0. The van der Waals surface area contributed by atoms with Crippen LogP contribution >= 0.6 is 0 Å². The first-order chi connectivity index (χ1) is 10.1. The van der Waals surface area contributed by atoms with Crippen LogP contribution < -0.4 is 4.74 Å². The Balaban J connectivity index is 1.92. The van der Waals surface area contributed by atoms with Gasteiger partial charge in [0.15, 0.2) is 0 Å². The van der Waals surface area contributed by atoms with Crippen molar-refractivity contribution in [2.45, 2.75) is 6.92 Å². The lowest BCUT2D eigenvalue weighted by Gasteiger charge is -2.32. The summed E-state index contributed by atoms with van der Waals surface area (Å²) in [6, 6.07) is 4.22. The van der Waals surface area contributed by atoms with E-state index in [-0.39, 0.29) is 5.82 Å². The molecular formula is C15H22FN3O2. The molecule has 0 radical (unpaired) electrons. The highest BCUT2D eigenvalue weighted by Crippen LogP contribution is 2.21. The van der Waals surface area contributed by atoms with Gasteiger partial charge in [-0.3, -0.25) is 4.90 Å². The van der Waals surface area contributed by atoms with Crippen LogP contribution in [-0.4, -0.2) is 67.1 Å². The zero-order valence-electron chi connectivity index (χ0n) is 12.5. The molecule has 0 saturated carbocycles. The van der Waals surface area contributed by atoms with E-state index in [0.29, 0.717) is 23.6 Å². The molecule has 0 aliphatic carbocycles. The summed E-state index contributed by atoms with van der Waals surface area (Å²) in [5, 5.41) is 12.0. The van der Waals surface area contributed by atoms with E-state index in [4.69, 9.17) is 9.94 Å². The molecule has 5 nitrogen and oxygen atoms in total. The zero-order chi connectivity index (χ0) is 15.2. The van der Waals surface area contributed by atoms with E-state index in [2.05, 4.69) is 22.0 Å². The number of piperazine rings is 1. The van der Waals surface area contributed by atoms with Crippen LogP contribution in [0.1, 0.15) is 12.5 Å². The highest BCUT2D eigenvalue weighted by Gasteiger charge is 2.14. The predicted molar refractivity (Wildman–Crippen MR) is 79.8 cm³/mol. The molecule has 0 atom stereocenters. The lowest BCUT2D eigenvalue weighted by molar-refractivity contribution is 0.133. The van der Waals surface area contributed by atoms with Gasteiger partial charge in [0, 0.05) is 44.4 Å². The molecule has 0 bridgehead atoms. The largest absolute Gasteiger partial charge is 0.491 e. The minimum atomic E-state index is -0.362. The quantitative estimate of drug-likeness (QED) is 0.510. The highest BCUT2D eigenvalue weighted by atomic mass is 19.1. The first-order valence-electron chi connectivity index (χ1n) is 7.12. The maximum atomic E-state index is 13.3. The van der Waals surface area contributed by atoms with Gasteiger partial charge in [-0.15, -0.1) is 0 Å². The second-order valence-corrected chi connectivity index (χ2v) is 5.32. The third kappa shape index (κ3) is 4.41. The van der Waals surface area contributed by atoms with Crippen molar-refractivity contribution in [2.24, 2.45) is 5.16 Å². The Morgan fingerprint density at radius 1 is 1.33 bits per heavy atom. The molecule has 1 aliphatic heterocycles. The van der Waals surface area contributed by atoms with Crippen molar-refractivity contribution < 1.29 is 14.3 Å². The Labute approximate surface area is 124 Å². The third-order valence-corrected chi connectivity index (χ3v) is 3.74. The molecule has 0 amide bonds. The minimum Gasteiger partial charge on any atom is -0.491 e. The Hall–Kier alpha value is -1.66. The van der Waals surface area contributed by atoms with Gasteiger partial charge in [-0.1, -0.05) is 5.16 Å². The standard InChI is InChI=1S/C15H22FN3O2/c1-12(17-20)14-4-3-13(16)11-15(14)21-10-9-19-7-5-18(2)6-8-19/h3-4,11,20H,5-10H2,1-2H3/b17-12+. The van der Waals surface area contributed by atoms with E-state index in [0.717, 1.165) is 32.7 Å². The molecule has 1 N–H and O–H groups in total. The normalized spacial score (nSPS) is 18.0. The maximum Gasteiger partial charge on any atom is 0.131 e. The van der Waals surface area contributed by atoms with Crippen LogP contribution in [0.5, 0.6) is 5.75 Å². The molecule has 1 aliphatic rings. The molecule has 21 heavy (non-hydrogen) atoms. The van der Waals surface area contributed by atoms with Crippen molar-refractivity contribution in [3.8, 4) is 5.75 Å². The number of nitrogens with zero attached hydrogens (tertiary/aromatic N) is 3. The summed E-state index contributed by atoms with van der Waals surface area (Å²) in [7, 11) is 2.11. The summed E-state index contributed by atoms with van der Waals surface area (Å²) >= 11 is 0. The smallest absolute Gasteiger partial charge is 0.131 e. The Morgan fingerprint density at radius 2 is 2.05 bits per heavy atom. The van der Waals surface area contributed by atoms with Gasteiger partial charge in [-0.25, -0.2) is 4.39 Å². The molecule has 0 aromatic heterocycles. The second-order valence-electron chi connectivity index (χ2n) is 5.32. The summed E-state index contributed by atoms with van der Waals surface area (Å²) in [4.78, 5) is 4.62. The monoisotopic (exact) mass is 295 g/mol. The Morgan fingerprint density at radius 3 is 2.71 bits per heavy atom. The third-order valence-electron chi connectivity index (χ3n) is 3.74. The average molecular weight is 295 g/mol. The van der Waals surface area contributed by atoms with Crippen LogP contribution in [0.25, 0.3) is 0 Å². The number of ether oxygens (including phenoxy) is 1. The SMILES string of the molecule is C/C(=N\O)c1ccc(F)cc1OCCN1CCN(C)CC1. The van der Waals surface area contributed by atoms with Crippen LogP contribution in [0.4, 0.5) is 4.39 Å². The van der Waals surface area contributed by atoms with Gasteiger partial charge >= 0.3 is 0 Å². The van der Waals surface area contributed by atoms with Crippen LogP contribution in [0.15, 0.2) is 23.4 Å². The number of likely N-dealkylation sites (N-methyl/N-ethyl adjacent to an activating group) is 1. The van der Waals surface area contributed by atoms with Crippen LogP contribution in [0.2, 0.25) is 0 Å². The minimum absolute atomic E-state index is 0.362. The second kappa shape index (κ2) is 7.38. The first kappa shape index (κ1) is 15.7. The molecular weight excluding hydrogens is 273 g/mol. The van der Waals surface area contributed by atoms with Crippen LogP contribution in [0.3, 0.4) is 0 Å². The van der Waals surface area contributed by atoms with E-state index in [1.807, 2.05) is 0 Å². The number of hydrogen-bond donors (Lipinski definition) is 1. The molecule has 1 aromatic rings. The van der Waals surface area contributed by atoms with Gasteiger partial charge in [0.1, 0.15) is 18.2 Å². The van der Waals surface area contributed by atoms with Crippen molar-refractivity contribution in [1.82, 2.24) is 9.80 Å². The summed E-state index contributed by atoms with van der Waals surface area (Å²) in [5.74, 6) is 0.0542. The van der Waals surface area contributed by atoms with E-state index in [9.17, 15) is 4.39 Å². The van der Waals surface area contributed by atoms with Crippen LogP contribution in [-0.2, 0) is 0 Å². The van der Waals surface area contributed by atoms with Crippen LogP contribution in [0, 0.1) is 5.82 Å². The fourth-order valence-electron chi connectivity index (χ4n) is 2.32. The van der Waals surface area contributed by atoms with E-state index >= 15 is 0 Å². The van der Waals surface area contributed by atoms with Gasteiger partial charge in [0.2, 0.25) is 0 Å². The lowest BCUT2D eigenvalue weighted by atomic mass is 10.1. The molecule has 1 fully saturated rings. The number of halogens is 1. The topological polar surface area (TPSA) is 48.3 Å². The zero-order valence-corrected chi connectivity index (χ0v) is 12.5. The molecule has 0 unspecified atom stereocenters. The lowest BCUT2D eigenvalue weighted by Crippen LogP contribution is -2.45. The number of rotatable bonds is 5. The van der Waals surface area contributed by atoms with Gasteiger partial charge in [0.25, 0.3) is 0 Å². The van der Waals surface area contributed by atoms with E-state index < -0.39 is 0 Å². The molecule has 1 aromatic carbocycles. The fraction of sp³-hybridized carbons (Fsp3) is 0.533. The van der Waals surface area contributed by atoms with Crippen molar-refractivity contribution in [1.29, 1.82) is 0 Å². The predicted octanol–water partition coefficient (Wildman–Crippen LogP) is 1.65. The summed E-state index contributed by atoms with van der Waals surface area (Å²) in [6.07, 6.45) is 0. The number of benzene rings is 1. The van der Waals surface area contributed by atoms with E-state index in [1.165, 1.54) is 12.1 Å². The summed E-state index contributed by atoms with van der Waals surface area (Å²) in [5.41, 5.74) is 1.02. The van der Waals surface area contributed by atoms with Gasteiger partial charge in [0.05, 0.1) is 5.71 Å². The molecule has 1 heterocycles. The van der Waals surface area contributed by atoms with Crippen molar-refractivity contribution in [2.75, 3.05) is 46.4 Å². The maximum absolute atomic E-state index is 13.3. The molecule has 2 rings (SSSR count). The van der Waals surface area contributed by atoms with Crippen molar-refractivity contribution in [3.05, 3.63) is 29.6 Å². The molecule has 116 valence electrons. The van der Waals surface area contributed by atoms with Crippen molar-refractivity contribution >= 4 is 5.71 Å². The number of oxime groups is 1. The van der Waals surface area contributed by atoms with Gasteiger partial charge in [-0.2, -0.15) is 0 Å². The number of hydrogen-bond acceptors (Lipinski definition) is 5. The molecule has 6 heteroatoms. The van der Waals surface area contributed by atoms with Gasteiger partial charge in [-0.05, 0) is 26.1 Å². The summed E-state index contributed by atoms with van der Waals surface area (Å²) in [6.45, 7) is 7.10. The average Bonchev–Trinajstić information content (AvgIpc) is 2.49. The highest BCUT2D eigenvalue weighted by molar-refractivity contribution is 6.00.